The Bertz CT molecular complexity index is 1130. The van der Waals surface area contributed by atoms with E-state index in [-0.39, 0.29) is 27.4 Å². The quantitative estimate of drug-likeness (QED) is 0.754. The maximum Gasteiger partial charge on any atom is 0.416 e. The van der Waals surface area contributed by atoms with Crippen LogP contribution in [0.25, 0.3) is 11.3 Å². The molecule has 0 bridgehead atoms. The van der Waals surface area contributed by atoms with Crippen molar-refractivity contribution in [1.82, 2.24) is 0 Å². The fraction of sp³-hybridized carbons (Fsp3) is 0.211. The maximum atomic E-state index is 13.9. The van der Waals surface area contributed by atoms with Gasteiger partial charge in [-0.15, -0.1) is 0 Å². The minimum Gasteiger partial charge on any atom is -0.478 e. The second-order valence-corrected chi connectivity index (χ2v) is 8.50. The van der Waals surface area contributed by atoms with Crippen LogP contribution >= 0.6 is 0 Å². The van der Waals surface area contributed by atoms with Crippen molar-refractivity contribution in [2.45, 2.75) is 30.5 Å². The predicted molar refractivity (Wildman–Crippen MR) is 96.2 cm³/mol. The maximum absolute atomic E-state index is 13.9. The van der Waals surface area contributed by atoms with Gasteiger partial charge in [0.2, 0.25) is 15.8 Å². The van der Waals surface area contributed by atoms with Crippen molar-refractivity contribution < 1.29 is 35.5 Å². The van der Waals surface area contributed by atoms with E-state index in [1.807, 2.05) is 0 Å². The number of nitrogens with two attached hydrogens (primary N) is 1. The summed E-state index contributed by atoms with van der Waals surface area (Å²) in [4.78, 5) is 12.6. The molecule has 0 amide bonds. The van der Waals surface area contributed by atoms with Gasteiger partial charge in [-0.25, -0.2) is 17.9 Å². The Morgan fingerprint density at radius 3 is 2.10 bits per heavy atom. The zero-order valence-electron chi connectivity index (χ0n) is 15.2. The molecule has 3 rings (SSSR count). The molecule has 0 aromatic heterocycles. The molecule has 2 N–H and O–H groups in total. The van der Waals surface area contributed by atoms with Gasteiger partial charge in [0.1, 0.15) is 11.6 Å². The van der Waals surface area contributed by atoms with E-state index in [9.17, 15) is 30.8 Å². The molecule has 10 heteroatoms. The number of ketones is 1. The molecule has 0 unspecified atom stereocenters. The standard InChI is InChI=1S/C19H15F4NO4S/c1-18(2)17(25)15(11-7-12(19(21,22)23)9-13(20)8-11)16(28-18)10-3-5-14(6-4-10)29(24,26)27/h3-9H,1-2H3,(H2,24,26,27). The lowest BCUT2D eigenvalue weighted by atomic mass is 9.91. The molecule has 154 valence electrons. The average molecular weight is 429 g/mol. The minimum absolute atomic E-state index is 0.0836. The molecule has 0 saturated heterocycles. The van der Waals surface area contributed by atoms with E-state index in [1.54, 1.807) is 0 Å². The fourth-order valence-electron chi connectivity index (χ4n) is 2.92. The highest BCUT2D eigenvalue weighted by Gasteiger charge is 2.43. The number of alkyl halides is 3. The summed E-state index contributed by atoms with van der Waals surface area (Å²) in [6.07, 6.45) is -4.81. The highest BCUT2D eigenvalue weighted by molar-refractivity contribution is 7.89. The lowest BCUT2D eigenvalue weighted by Gasteiger charge is -2.18. The Kier molecular flexibility index (Phi) is 4.83. The Morgan fingerprint density at radius 1 is 1.00 bits per heavy atom. The second kappa shape index (κ2) is 6.67. The summed E-state index contributed by atoms with van der Waals surface area (Å²) in [6.45, 7) is 2.84. The Labute approximate surface area is 163 Å². The third kappa shape index (κ3) is 4.03. The van der Waals surface area contributed by atoms with E-state index in [1.165, 1.54) is 38.1 Å². The van der Waals surface area contributed by atoms with Gasteiger partial charge in [-0.2, -0.15) is 13.2 Å². The van der Waals surface area contributed by atoms with E-state index >= 15 is 0 Å². The number of carbonyl (C=O) groups excluding carboxylic acids is 1. The lowest BCUT2D eigenvalue weighted by molar-refractivity contribution is -0.137. The van der Waals surface area contributed by atoms with Crippen LogP contribution in [0.3, 0.4) is 0 Å². The summed E-state index contributed by atoms with van der Waals surface area (Å²) >= 11 is 0. The van der Waals surface area contributed by atoms with Crippen molar-refractivity contribution in [3.63, 3.8) is 0 Å². The highest BCUT2D eigenvalue weighted by Crippen LogP contribution is 2.42. The number of primary sulfonamides is 1. The van der Waals surface area contributed by atoms with Crippen molar-refractivity contribution in [2.75, 3.05) is 0 Å². The first-order chi connectivity index (χ1) is 13.2. The number of carbonyl (C=O) groups is 1. The van der Waals surface area contributed by atoms with Crippen LogP contribution in [-0.4, -0.2) is 19.8 Å². The molecular weight excluding hydrogens is 414 g/mol. The summed E-state index contributed by atoms with van der Waals surface area (Å²) in [5, 5.41) is 5.04. The van der Waals surface area contributed by atoms with E-state index in [0.717, 1.165) is 6.07 Å². The fourth-order valence-corrected chi connectivity index (χ4v) is 3.43. The SMILES string of the molecule is CC1(C)OC(c2ccc(S(N)(=O)=O)cc2)=C(c2cc(F)cc(C(F)(F)F)c2)C1=O. The molecular formula is C19H15F4NO4S. The monoisotopic (exact) mass is 429 g/mol. The molecule has 29 heavy (non-hydrogen) atoms. The van der Waals surface area contributed by atoms with Gasteiger partial charge in [0.25, 0.3) is 0 Å². The number of benzene rings is 2. The van der Waals surface area contributed by atoms with E-state index in [2.05, 4.69) is 0 Å². The van der Waals surface area contributed by atoms with Gasteiger partial charge in [0.15, 0.2) is 5.60 Å². The summed E-state index contributed by atoms with van der Waals surface area (Å²) < 4.78 is 81.6. The summed E-state index contributed by atoms with van der Waals surface area (Å²) in [6, 6.07) is 6.74. The van der Waals surface area contributed by atoms with Crippen LogP contribution < -0.4 is 5.14 Å². The Hall–Kier alpha value is -2.72. The molecule has 5 nitrogen and oxygen atoms in total. The molecule has 1 aliphatic rings. The van der Waals surface area contributed by atoms with Crippen LogP contribution in [0.4, 0.5) is 17.6 Å². The number of ether oxygens (including phenoxy) is 1. The van der Waals surface area contributed by atoms with Gasteiger partial charge in [-0.1, -0.05) is 0 Å². The first-order valence-corrected chi connectivity index (χ1v) is 9.74. The van der Waals surface area contributed by atoms with E-state index in [0.29, 0.717) is 12.1 Å². The molecule has 1 aliphatic heterocycles. The third-order valence-corrected chi connectivity index (χ3v) is 5.25. The Balaban J connectivity index is 2.22. The van der Waals surface area contributed by atoms with Gasteiger partial charge < -0.3 is 4.74 Å². The van der Waals surface area contributed by atoms with Crippen LogP contribution in [0.5, 0.6) is 0 Å². The lowest BCUT2D eigenvalue weighted by Crippen LogP contribution is -2.29. The molecule has 0 spiro atoms. The van der Waals surface area contributed by atoms with E-state index in [4.69, 9.17) is 9.88 Å². The number of Topliss-reactive ketones (excluding diaryl/α,β-unsaturated/α-hetero) is 1. The topological polar surface area (TPSA) is 86.5 Å². The number of hydrogen-bond acceptors (Lipinski definition) is 4. The highest BCUT2D eigenvalue weighted by atomic mass is 32.2. The zero-order chi connectivity index (χ0) is 21.8. The molecule has 0 saturated carbocycles. The average Bonchev–Trinajstić information content (AvgIpc) is 2.83. The van der Waals surface area contributed by atoms with Gasteiger partial charge in [0.05, 0.1) is 16.0 Å². The van der Waals surface area contributed by atoms with Crippen molar-refractivity contribution >= 4 is 27.1 Å². The largest absolute Gasteiger partial charge is 0.478 e. The van der Waals surface area contributed by atoms with Gasteiger partial charge >= 0.3 is 6.18 Å². The van der Waals surface area contributed by atoms with Crippen molar-refractivity contribution in [3.8, 4) is 0 Å². The normalized spacial score (nSPS) is 16.9. The molecule has 0 fully saturated rings. The van der Waals surface area contributed by atoms with Gasteiger partial charge in [-0.05, 0) is 61.9 Å². The van der Waals surface area contributed by atoms with Crippen LogP contribution in [0.2, 0.25) is 0 Å². The number of halogens is 4. The molecule has 2 aromatic rings. The number of sulfonamides is 1. The van der Waals surface area contributed by atoms with Crippen molar-refractivity contribution in [3.05, 3.63) is 65.0 Å². The first kappa shape index (κ1) is 21.0. The summed E-state index contributed by atoms with van der Waals surface area (Å²) in [5.41, 5.74) is -2.96. The van der Waals surface area contributed by atoms with Gasteiger partial charge in [-0.3, -0.25) is 4.79 Å². The molecule has 0 aliphatic carbocycles. The van der Waals surface area contributed by atoms with Crippen LogP contribution in [0.15, 0.2) is 47.4 Å². The number of hydrogen-bond donors (Lipinski definition) is 1. The molecule has 1 heterocycles. The third-order valence-electron chi connectivity index (χ3n) is 4.32. The second-order valence-electron chi connectivity index (χ2n) is 6.94. The van der Waals surface area contributed by atoms with Crippen molar-refractivity contribution in [2.24, 2.45) is 5.14 Å². The molecule has 0 atom stereocenters. The minimum atomic E-state index is -4.81. The van der Waals surface area contributed by atoms with Crippen LogP contribution in [0.1, 0.15) is 30.5 Å². The van der Waals surface area contributed by atoms with Crippen LogP contribution in [0, 0.1) is 5.82 Å². The van der Waals surface area contributed by atoms with Crippen molar-refractivity contribution in [1.29, 1.82) is 0 Å². The van der Waals surface area contributed by atoms with E-state index < -0.39 is 39.0 Å². The first-order valence-electron chi connectivity index (χ1n) is 8.19. The zero-order valence-corrected chi connectivity index (χ0v) is 16.0. The smallest absolute Gasteiger partial charge is 0.416 e. The molecule has 2 aromatic carbocycles. The summed E-state index contributed by atoms with van der Waals surface area (Å²) in [7, 11) is -3.97. The van der Waals surface area contributed by atoms with Gasteiger partial charge in [0, 0.05) is 5.56 Å². The summed E-state index contributed by atoms with van der Waals surface area (Å²) in [5.74, 6) is -1.88. The number of rotatable bonds is 3. The Morgan fingerprint density at radius 2 is 1.59 bits per heavy atom. The molecule has 0 radical (unpaired) electrons. The van der Waals surface area contributed by atoms with Crippen LogP contribution in [-0.2, 0) is 25.7 Å². The predicted octanol–water partition coefficient (Wildman–Crippen LogP) is 3.74.